The van der Waals surface area contributed by atoms with Crippen LogP contribution < -0.4 is 9.80 Å². The number of nitrogens with zero attached hydrogens (tertiary/aromatic N) is 5. The number of nitro groups is 1. The molecule has 146 valence electrons. The zero-order valence-corrected chi connectivity index (χ0v) is 15.7. The molecule has 3 aromatic rings. The molecule has 0 amide bonds. The molecule has 0 atom stereocenters. The van der Waals surface area contributed by atoms with E-state index >= 15 is 0 Å². The summed E-state index contributed by atoms with van der Waals surface area (Å²) in [6.45, 7) is 0.281. The lowest BCUT2D eigenvalue weighted by molar-refractivity contribution is -0.382. The molecule has 0 saturated carbocycles. The minimum absolute atomic E-state index is 0.0465. The summed E-state index contributed by atoms with van der Waals surface area (Å²) in [5, 5.41) is 19.3. The van der Waals surface area contributed by atoms with E-state index in [9.17, 15) is 14.9 Å². The number of aromatic nitrogens is 2. The van der Waals surface area contributed by atoms with E-state index in [0.29, 0.717) is 11.4 Å². The average molecular weight is 385 g/mol. The fourth-order valence-electron chi connectivity index (χ4n) is 2.93. The summed E-state index contributed by atoms with van der Waals surface area (Å²) in [6, 6.07) is 11.0. The minimum atomic E-state index is -0.507. The number of hydrogen-bond acceptors (Lipinski definition) is 9. The van der Waals surface area contributed by atoms with Crippen molar-refractivity contribution in [2.75, 3.05) is 37.5 Å². The number of para-hydroxylation sites is 1. The van der Waals surface area contributed by atoms with Crippen molar-refractivity contribution in [1.29, 1.82) is 0 Å². The third-order valence-corrected chi connectivity index (χ3v) is 4.26. The van der Waals surface area contributed by atoms with Crippen molar-refractivity contribution in [3.8, 4) is 0 Å². The molecule has 0 spiro atoms. The number of fused-ring (bicyclic) bond motifs is 1. The Morgan fingerprint density at radius 1 is 1.18 bits per heavy atom. The third-order valence-electron chi connectivity index (χ3n) is 4.26. The van der Waals surface area contributed by atoms with E-state index in [1.165, 1.54) is 7.11 Å². The number of ether oxygens (including phenoxy) is 1. The molecule has 0 bridgehead atoms. The van der Waals surface area contributed by atoms with Gasteiger partial charge in [0.2, 0.25) is 5.52 Å². The van der Waals surface area contributed by atoms with Crippen molar-refractivity contribution < 1.29 is 19.1 Å². The van der Waals surface area contributed by atoms with Crippen molar-refractivity contribution >= 4 is 39.8 Å². The first-order valence-corrected chi connectivity index (χ1v) is 8.44. The smallest absolute Gasteiger partial charge is 0.323 e. The molecular formula is C18H19N5O5. The highest BCUT2D eigenvalue weighted by Crippen LogP contribution is 2.41. The van der Waals surface area contributed by atoms with Gasteiger partial charge in [-0.3, -0.25) is 14.9 Å². The van der Waals surface area contributed by atoms with Crippen LogP contribution in [0.1, 0.15) is 6.42 Å². The molecule has 0 radical (unpaired) electrons. The third kappa shape index (κ3) is 3.56. The molecule has 0 aliphatic heterocycles. The van der Waals surface area contributed by atoms with Gasteiger partial charge < -0.3 is 14.5 Å². The number of hydrogen-bond donors (Lipinski definition) is 0. The lowest BCUT2D eigenvalue weighted by Gasteiger charge is -2.26. The average Bonchev–Trinajstić information content (AvgIpc) is 3.17. The topological polar surface area (TPSA) is 115 Å². The first-order chi connectivity index (χ1) is 13.4. The Morgan fingerprint density at radius 2 is 1.86 bits per heavy atom. The lowest BCUT2D eigenvalue weighted by Crippen LogP contribution is -2.22. The molecule has 0 aliphatic rings. The second-order valence-electron chi connectivity index (χ2n) is 6.19. The monoisotopic (exact) mass is 385 g/mol. The number of methoxy groups -OCH3 is 1. The van der Waals surface area contributed by atoms with Gasteiger partial charge in [-0.1, -0.05) is 18.2 Å². The van der Waals surface area contributed by atoms with Crippen LogP contribution in [0.15, 0.2) is 41.0 Å². The number of esters is 1. The van der Waals surface area contributed by atoms with Crippen LogP contribution in [0.25, 0.3) is 11.0 Å². The van der Waals surface area contributed by atoms with Gasteiger partial charge in [0, 0.05) is 26.3 Å². The molecular weight excluding hydrogens is 366 g/mol. The summed E-state index contributed by atoms with van der Waals surface area (Å²) in [7, 11) is 4.73. The predicted molar refractivity (Wildman–Crippen MR) is 103 cm³/mol. The van der Waals surface area contributed by atoms with Gasteiger partial charge >= 0.3 is 11.7 Å². The largest absolute Gasteiger partial charge is 0.469 e. The highest BCUT2D eigenvalue weighted by molar-refractivity contribution is 6.01. The first kappa shape index (κ1) is 19.1. The Kier molecular flexibility index (Phi) is 5.39. The Balaban J connectivity index is 2.22. The van der Waals surface area contributed by atoms with E-state index in [-0.39, 0.29) is 35.7 Å². The van der Waals surface area contributed by atoms with Gasteiger partial charge in [-0.05, 0) is 28.5 Å². The normalized spacial score (nSPS) is 10.7. The fraction of sp³-hybridized carbons (Fsp3) is 0.278. The zero-order chi connectivity index (χ0) is 20.3. The van der Waals surface area contributed by atoms with Crippen LogP contribution >= 0.6 is 0 Å². The van der Waals surface area contributed by atoms with Crippen molar-refractivity contribution in [3.05, 3.63) is 46.5 Å². The number of anilines is 3. The van der Waals surface area contributed by atoms with Gasteiger partial charge in [0.15, 0.2) is 5.52 Å². The van der Waals surface area contributed by atoms with Crippen molar-refractivity contribution in [3.63, 3.8) is 0 Å². The van der Waals surface area contributed by atoms with E-state index in [4.69, 9.17) is 9.37 Å². The van der Waals surface area contributed by atoms with Crippen LogP contribution in [0.3, 0.4) is 0 Å². The van der Waals surface area contributed by atoms with Crippen LogP contribution in [0.2, 0.25) is 0 Å². The Hall–Kier alpha value is -3.69. The second-order valence-corrected chi connectivity index (χ2v) is 6.19. The van der Waals surface area contributed by atoms with E-state index in [2.05, 4.69) is 10.3 Å². The van der Waals surface area contributed by atoms with E-state index in [1.807, 2.05) is 35.2 Å². The minimum Gasteiger partial charge on any atom is -0.469 e. The summed E-state index contributed by atoms with van der Waals surface area (Å²) < 4.78 is 9.57. The Bertz CT molecular complexity index is 1000. The summed E-state index contributed by atoms with van der Waals surface area (Å²) in [5.41, 5.74) is 1.78. The molecule has 1 heterocycles. The van der Waals surface area contributed by atoms with E-state index < -0.39 is 4.92 Å². The van der Waals surface area contributed by atoms with E-state index in [0.717, 1.165) is 5.69 Å². The quantitative estimate of drug-likeness (QED) is 0.344. The number of benzene rings is 2. The number of carbonyl (C=O) groups excluding carboxylic acids is 1. The van der Waals surface area contributed by atoms with Crippen LogP contribution in [0, 0.1) is 10.1 Å². The molecule has 10 heteroatoms. The van der Waals surface area contributed by atoms with E-state index in [1.54, 1.807) is 25.1 Å². The van der Waals surface area contributed by atoms with Gasteiger partial charge in [0.25, 0.3) is 0 Å². The molecule has 1 aromatic heterocycles. The number of carbonyl (C=O) groups is 1. The van der Waals surface area contributed by atoms with Crippen LogP contribution in [0.4, 0.5) is 22.7 Å². The first-order valence-electron chi connectivity index (χ1n) is 8.44. The molecule has 10 nitrogen and oxygen atoms in total. The van der Waals surface area contributed by atoms with Crippen molar-refractivity contribution in [2.45, 2.75) is 6.42 Å². The maximum Gasteiger partial charge on any atom is 0.323 e. The zero-order valence-electron chi connectivity index (χ0n) is 15.7. The summed E-state index contributed by atoms with van der Waals surface area (Å²) in [6.07, 6.45) is 0.118. The number of nitro benzene ring substituents is 1. The fourth-order valence-corrected chi connectivity index (χ4v) is 2.93. The molecule has 3 rings (SSSR count). The summed E-state index contributed by atoms with van der Waals surface area (Å²) in [5.74, 6) is -0.370. The predicted octanol–water partition coefficient (Wildman–Crippen LogP) is 2.90. The van der Waals surface area contributed by atoms with Crippen molar-refractivity contribution in [1.82, 2.24) is 10.3 Å². The number of rotatable bonds is 7. The lowest BCUT2D eigenvalue weighted by atomic mass is 10.1. The van der Waals surface area contributed by atoms with Gasteiger partial charge in [-0.2, -0.15) is 0 Å². The van der Waals surface area contributed by atoms with Crippen LogP contribution in [-0.4, -0.2) is 49.0 Å². The van der Waals surface area contributed by atoms with Gasteiger partial charge in [-0.15, -0.1) is 0 Å². The molecule has 0 aliphatic carbocycles. The summed E-state index contributed by atoms with van der Waals surface area (Å²) >= 11 is 0. The molecule has 0 N–H and O–H groups in total. The molecule has 0 fully saturated rings. The summed E-state index contributed by atoms with van der Waals surface area (Å²) in [4.78, 5) is 26.3. The van der Waals surface area contributed by atoms with Crippen molar-refractivity contribution in [2.24, 2.45) is 0 Å². The van der Waals surface area contributed by atoms with Gasteiger partial charge in [-0.25, -0.2) is 4.63 Å². The van der Waals surface area contributed by atoms with Crippen LogP contribution in [-0.2, 0) is 9.53 Å². The maximum absolute atomic E-state index is 11.7. The standard InChI is InChI=1S/C18H19N5O5/c1-21(2)14-11-13(16-17(20-28-19-16)18(14)23(25)26)22(10-9-15(24)27-3)12-7-5-4-6-8-12/h4-8,11H,9-10H2,1-3H3. The Morgan fingerprint density at radius 3 is 2.46 bits per heavy atom. The SMILES string of the molecule is COC(=O)CCN(c1ccccc1)c1cc(N(C)C)c([N+](=O)[O-])c2nonc12. The van der Waals surface area contributed by atoms with Crippen LogP contribution in [0.5, 0.6) is 0 Å². The Labute approximate surface area is 160 Å². The highest BCUT2D eigenvalue weighted by atomic mass is 16.6. The second kappa shape index (κ2) is 7.91. The van der Waals surface area contributed by atoms with Gasteiger partial charge in [0.1, 0.15) is 5.69 Å². The molecule has 0 unspecified atom stereocenters. The molecule has 0 saturated heterocycles. The highest BCUT2D eigenvalue weighted by Gasteiger charge is 2.29. The maximum atomic E-state index is 11.7. The molecule has 2 aromatic carbocycles. The van der Waals surface area contributed by atoms with Gasteiger partial charge in [0.05, 0.1) is 24.1 Å². The molecule has 28 heavy (non-hydrogen) atoms.